The van der Waals surface area contributed by atoms with E-state index in [9.17, 15) is 23.6 Å². The number of fused-ring (bicyclic) bond motifs is 2. The lowest BCUT2D eigenvalue weighted by Crippen LogP contribution is -2.37. The fourth-order valence-corrected chi connectivity index (χ4v) is 4.52. The molecule has 0 saturated heterocycles. The van der Waals surface area contributed by atoms with Gasteiger partial charge in [-0.05, 0) is 31.9 Å². The molecule has 1 atom stereocenters. The highest BCUT2D eigenvalue weighted by Gasteiger charge is 2.38. The standard InChI is InChI=1S/C24H26FN7O5/c1-13(12-37-3)30-10-16-21(24(30)36)31(11-19(33)27-18-7-4-14(25)9-26-18)20-8-17(28-32(20)22(16)34)23(35)29(2)15-5-6-15/h4,7-9,13,15H,5-6,10-12H2,1-3H3,(H,26,27,33). The topological polar surface area (TPSA) is 131 Å². The molecule has 1 N–H and O–H groups in total. The van der Waals surface area contributed by atoms with Crippen LogP contribution in [0.1, 0.15) is 46.3 Å². The molecule has 3 amide bonds. The van der Waals surface area contributed by atoms with Gasteiger partial charge in [0.05, 0.1) is 31.0 Å². The van der Waals surface area contributed by atoms with Crippen molar-refractivity contribution in [3.05, 3.63) is 57.5 Å². The second kappa shape index (κ2) is 9.39. The van der Waals surface area contributed by atoms with Crippen molar-refractivity contribution < 1.29 is 23.5 Å². The monoisotopic (exact) mass is 511 g/mol. The van der Waals surface area contributed by atoms with Crippen molar-refractivity contribution in [1.82, 2.24) is 29.0 Å². The highest BCUT2D eigenvalue weighted by atomic mass is 19.1. The van der Waals surface area contributed by atoms with Crippen molar-refractivity contribution in [2.75, 3.05) is 26.1 Å². The van der Waals surface area contributed by atoms with Crippen molar-refractivity contribution in [2.24, 2.45) is 0 Å². The van der Waals surface area contributed by atoms with Gasteiger partial charge in [0.15, 0.2) is 5.69 Å². The first kappa shape index (κ1) is 24.6. The molecular weight excluding hydrogens is 485 g/mol. The number of carbonyl (C=O) groups is 3. The number of carbonyl (C=O) groups excluding carboxylic acids is 3. The number of halogens is 1. The van der Waals surface area contributed by atoms with Crippen molar-refractivity contribution in [2.45, 2.75) is 44.9 Å². The van der Waals surface area contributed by atoms with E-state index in [1.807, 2.05) is 0 Å². The van der Waals surface area contributed by atoms with E-state index >= 15 is 0 Å². The lowest BCUT2D eigenvalue weighted by atomic mass is 10.2. The van der Waals surface area contributed by atoms with Gasteiger partial charge in [-0.3, -0.25) is 19.2 Å². The molecule has 13 heteroatoms. The molecule has 3 aromatic rings. The van der Waals surface area contributed by atoms with E-state index in [-0.39, 0.29) is 66.1 Å². The number of anilines is 1. The Hall–Kier alpha value is -4.13. The molecule has 0 bridgehead atoms. The van der Waals surface area contributed by atoms with E-state index in [2.05, 4.69) is 15.4 Å². The second-order valence-corrected chi connectivity index (χ2v) is 9.31. The molecule has 0 radical (unpaired) electrons. The maximum absolute atomic E-state index is 13.5. The third-order valence-electron chi connectivity index (χ3n) is 6.64. The number of amides is 3. The summed E-state index contributed by atoms with van der Waals surface area (Å²) in [5.41, 5.74) is -0.131. The summed E-state index contributed by atoms with van der Waals surface area (Å²) in [6.07, 6.45) is 2.77. The molecule has 12 nitrogen and oxygen atoms in total. The Labute approximate surface area is 210 Å². The van der Waals surface area contributed by atoms with Crippen molar-refractivity contribution in [3.8, 4) is 0 Å². The van der Waals surface area contributed by atoms with Crippen LogP contribution in [-0.2, 0) is 22.6 Å². The van der Waals surface area contributed by atoms with Gasteiger partial charge in [-0.2, -0.15) is 9.61 Å². The third kappa shape index (κ3) is 4.46. The minimum atomic E-state index is -0.563. The van der Waals surface area contributed by atoms with Crippen LogP contribution in [0, 0.1) is 5.82 Å². The fourth-order valence-electron chi connectivity index (χ4n) is 4.52. The van der Waals surface area contributed by atoms with Crippen LogP contribution in [0.25, 0.3) is 5.65 Å². The van der Waals surface area contributed by atoms with Crippen LogP contribution < -0.4 is 10.9 Å². The Morgan fingerprint density at radius 3 is 2.70 bits per heavy atom. The molecule has 194 valence electrons. The lowest BCUT2D eigenvalue weighted by Gasteiger charge is -2.23. The first-order valence-corrected chi connectivity index (χ1v) is 11.8. The van der Waals surface area contributed by atoms with E-state index < -0.39 is 23.2 Å². The summed E-state index contributed by atoms with van der Waals surface area (Å²) in [5.74, 6) is -1.78. The zero-order chi connectivity index (χ0) is 26.4. The molecule has 0 spiro atoms. The van der Waals surface area contributed by atoms with E-state index in [1.165, 1.54) is 28.7 Å². The average molecular weight is 512 g/mol. The molecule has 4 heterocycles. The van der Waals surface area contributed by atoms with E-state index in [4.69, 9.17) is 4.74 Å². The van der Waals surface area contributed by atoms with Crippen LogP contribution >= 0.6 is 0 Å². The molecule has 1 unspecified atom stereocenters. The minimum Gasteiger partial charge on any atom is -0.383 e. The summed E-state index contributed by atoms with van der Waals surface area (Å²) in [4.78, 5) is 59.7. The van der Waals surface area contributed by atoms with Gasteiger partial charge in [0, 0.05) is 26.3 Å². The van der Waals surface area contributed by atoms with Gasteiger partial charge in [-0.15, -0.1) is 0 Å². The molecule has 0 aromatic carbocycles. The van der Waals surface area contributed by atoms with Gasteiger partial charge < -0.3 is 24.4 Å². The maximum atomic E-state index is 13.5. The zero-order valence-electron chi connectivity index (χ0n) is 20.6. The lowest BCUT2D eigenvalue weighted by molar-refractivity contribution is -0.116. The van der Waals surface area contributed by atoms with Gasteiger partial charge in [-0.25, -0.2) is 9.37 Å². The SMILES string of the molecule is COCC(C)N1Cc2c(n(CC(=O)Nc3ccc(F)cn3)c3cc(C(=O)N(C)C4CC4)nn3c2=O)C1=O. The van der Waals surface area contributed by atoms with Crippen LogP contribution in [0.2, 0.25) is 0 Å². The normalized spacial score (nSPS) is 15.7. The Balaban J connectivity index is 1.58. The highest BCUT2D eigenvalue weighted by Crippen LogP contribution is 2.28. The van der Waals surface area contributed by atoms with Crippen LogP contribution in [0.4, 0.5) is 10.2 Å². The Kier molecular flexibility index (Phi) is 6.23. The molecule has 37 heavy (non-hydrogen) atoms. The van der Waals surface area contributed by atoms with Gasteiger partial charge in [0.1, 0.15) is 29.5 Å². The molecule has 1 fully saturated rings. The van der Waals surface area contributed by atoms with E-state index in [0.29, 0.717) is 0 Å². The van der Waals surface area contributed by atoms with Gasteiger partial charge >= 0.3 is 0 Å². The number of hydrogen-bond acceptors (Lipinski definition) is 7. The Morgan fingerprint density at radius 1 is 1.30 bits per heavy atom. The number of pyridine rings is 1. The number of hydrogen-bond donors (Lipinski definition) is 1. The number of aromatic nitrogens is 4. The number of rotatable bonds is 8. The molecule has 1 aliphatic carbocycles. The number of ether oxygens (including phenoxy) is 1. The van der Waals surface area contributed by atoms with Crippen LogP contribution in [0.15, 0.2) is 29.2 Å². The first-order chi connectivity index (χ1) is 17.7. The molecule has 5 rings (SSSR count). The first-order valence-electron chi connectivity index (χ1n) is 11.8. The maximum Gasteiger partial charge on any atom is 0.280 e. The van der Waals surface area contributed by atoms with E-state index in [1.54, 1.807) is 18.9 Å². The van der Waals surface area contributed by atoms with Crippen LogP contribution in [-0.4, -0.2) is 79.5 Å². The molecule has 3 aromatic heterocycles. The van der Waals surface area contributed by atoms with Gasteiger partial charge in [-0.1, -0.05) is 0 Å². The molecule has 2 aliphatic rings. The zero-order valence-corrected chi connectivity index (χ0v) is 20.6. The smallest absolute Gasteiger partial charge is 0.280 e. The van der Waals surface area contributed by atoms with Gasteiger partial charge in [0.25, 0.3) is 17.4 Å². The number of nitrogens with one attached hydrogen (secondary N) is 1. The predicted molar refractivity (Wildman–Crippen MR) is 129 cm³/mol. The minimum absolute atomic E-state index is 0.0136. The van der Waals surface area contributed by atoms with Gasteiger partial charge in [0.2, 0.25) is 5.91 Å². The third-order valence-corrected chi connectivity index (χ3v) is 6.64. The summed E-state index contributed by atoms with van der Waals surface area (Å²) >= 11 is 0. The van der Waals surface area contributed by atoms with Crippen molar-refractivity contribution in [1.29, 1.82) is 0 Å². The van der Waals surface area contributed by atoms with Crippen LogP contribution in [0.3, 0.4) is 0 Å². The molecule has 1 saturated carbocycles. The van der Waals surface area contributed by atoms with Crippen LogP contribution in [0.5, 0.6) is 0 Å². The fraction of sp³-hybridized carbons (Fsp3) is 0.417. The predicted octanol–water partition coefficient (Wildman–Crippen LogP) is 0.894. The Morgan fingerprint density at radius 2 is 2.05 bits per heavy atom. The number of methoxy groups -OCH3 is 1. The van der Waals surface area contributed by atoms with Crippen molar-refractivity contribution in [3.63, 3.8) is 0 Å². The van der Waals surface area contributed by atoms with E-state index in [0.717, 1.165) is 29.6 Å². The molecular formula is C24H26FN7O5. The summed E-state index contributed by atoms with van der Waals surface area (Å²) in [6.45, 7) is 1.69. The average Bonchev–Trinajstić information content (AvgIpc) is 3.52. The Bertz CT molecular complexity index is 1460. The number of nitrogens with zero attached hydrogens (tertiary/aromatic N) is 6. The largest absolute Gasteiger partial charge is 0.383 e. The second-order valence-electron chi connectivity index (χ2n) is 9.31. The molecule has 1 aliphatic heterocycles. The summed E-state index contributed by atoms with van der Waals surface area (Å²) in [5, 5.41) is 6.83. The van der Waals surface area contributed by atoms with Crippen molar-refractivity contribution >= 4 is 29.2 Å². The summed E-state index contributed by atoms with van der Waals surface area (Å²) in [6, 6.07) is 3.68. The quantitative estimate of drug-likeness (QED) is 0.475. The summed E-state index contributed by atoms with van der Waals surface area (Å²) < 4.78 is 20.8. The highest BCUT2D eigenvalue weighted by molar-refractivity contribution is 5.99. The summed E-state index contributed by atoms with van der Waals surface area (Å²) in [7, 11) is 3.19.